The predicted molar refractivity (Wildman–Crippen MR) is 81.3 cm³/mol. The van der Waals surface area contributed by atoms with Gasteiger partial charge in [-0.15, -0.1) is 0 Å². The van der Waals surface area contributed by atoms with E-state index in [1.807, 2.05) is 6.92 Å². The molecular weight excluding hydrogens is 268 g/mol. The third-order valence-corrected chi connectivity index (χ3v) is 3.42. The Morgan fingerprint density at radius 1 is 1.29 bits per heavy atom. The van der Waals surface area contributed by atoms with Crippen molar-refractivity contribution in [2.45, 2.75) is 26.2 Å². The summed E-state index contributed by atoms with van der Waals surface area (Å²) < 4.78 is 0. The van der Waals surface area contributed by atoms with Crippen LogP contribution in [0.3, 0.4) is 0 Å². The first-order chi connectivity index (χ1) is 10.2. The highest BCUT2D eigenvalue weighted by molar-refractivity contribution is 6.00. The minimum Gasteiger partial charge on any atom is -0.356 e. The van der Waals surface area contributed by atoms with E-state index in [9.17, 15) is 9.59 Å². The van der Waals surface area contributed by atoms with E-state index in [1.165, 1.54) is 0 Å². The average Bonchev–Trinajstić information content (AvgIpc) is 3.04. The Morgan fingerprint density at radius 3 is 2.76 bits per heavy atom. The summed E-state index contributed by atoms with van der Waals surface area (Å²) in [6, 6.07) is 3.49. The lowest BCUT2D eigenvalue weighted by atomic mass is 10.2. The van der Waals surface area contributed by atoms with Gasteiger partial charge in [-0.2, -0.15) is 0 Å². The molecule has 0 aliphatic carbocycles. The van der Waals surface area contributed by atoms with Gasteiger partial charge in [0.05, 0.1) is 12.1 Å². The van der Waals surface area contributed by atoms with Crippen LogP contribution in [0.1, 0.15) is 36.5 Å². The highest BCUT2D eigenvalue weighted by atomic mass is 16.2. The van der Waals surface area contributed by atoms with Gasteiger partial charge in [0.25, 0.3) is 5.91 Å². The fourth-order valence-corrected chi connectivity index (χ4v) is 2.34. The summed E-state index contributed by atoms with van der Waals surface area (Å²) in [6.45, 7) is 4.45. The normalized spacial score (nSPS) is 14.0. The zero-order valence-corrected chi connectivity index (χ0v) is 12.4. The van der Waals surface area contributed by atoms with Crippen LogP contribution in [-0.2, 0) is 4.79 Å². The number of carbonyl (C=O) groups is 2. The Labute approximate surface area is 124 Å². The van der Waals surface area contributed by atoms with E-state index >= 15 is 0 Å². The molecule has 1 saturated heterocycles. The molecular formula is C15H22N4O2. The van der Waals surface area contributed by atoms with Gasteiger partial charge in [0.15, 0.2) is 0 Å². The number of carbonyl (C=O) groups excluding carboxylic acids is 2. The monoisotopic (exact) mass is 290 g/mol. The Kier molecular flexibility index (Phi) is 5.54. The first kappa shape index (κ1) is 15.3. The Bertz CT molecular complexity index is 498. The Hall–Kier alpha value is -2.11. The van der Waals surface area contributed by atoms with Gasteiger partial charge in [-0.25, -0.2) is 4.98 Å². The van der Waals surface area contributed by atoms with Crippen LogP contribution in [0, 0.1) is 0 Å². The van der Waals surface area contributed by atoms with Gasteiger partial charge in [0.2, 0.25) is 5.91 Å². The van der Waals surface area contributed by atoms with E-state index in [1.54, 1.807) is 18.3 Å². The number of rotatable bonds is 6. The van der Waals surface area contributed by atoms with Gasteiger partial charge in [-0.3, -0.25) is 9.59 Å². The number of anilines is 1. The van der Waals surface area contributed by atoms with Crippen molar-refractivity contribution >= 4 is 17.6 Å². The zero-order chi connectivity index (χ0) is 15.1. The lowest BCUT2D eigenvalue weighted by Crippen LogP contribution is -2.37. The Balaban J connectivity index is 1.97. The van der Waals surface area contributed by atoms with E-state index in [0.29, 0.717) is 17.9 Å². The molecule has 1 aliphatic heterocycles. The molecule has 114 valence electrons. The molecule has 21 heavy (non-hydrogen) atoms. The van der Waals surface area contributed by atoms with Gasteiger partial charge in [0, 0.05) is 25.8 Å². The van der Waals surface area contributed by atoms with Crippen molar-refractivity contribution in [1.82, 2.24) is 15.6 Å². The van der Waals surface area contributed by atoms with E-state index in [-0.39, 0.29) is 18.4 Å². The van der Waals surface area contributed by atoms with Gasteiger partial charge < -0.3 is 15.5 Å². The molecule has 2 heterocycles. The standard InChI is InChI=1S/C15H22N4O2/c1-2-7-16-13(20)11-18-15(21)12-6-5-8-17-14(12)19-9-3-4-10-19/h5-6,8H,2-4,7,9-11H2,1H3,(H,16,20)(H,18,21). The highest BCUT2D eigenvalue weighted by Gasteiger charge is 2.20. The van der Waals surface area contributed by atoms with Crippen molar-refractivity contribution in [3.05, 3.63) is 23.9 Å². The number of aromatic nitrogens is 1. The molecule has 2 rings (SSSR count). The predicted octanol–water partition coefficient (Wildman–Crippen LogP) is 0.938. The quantitative estimate of drug-likeness (QED) is 0.817. The lowest BCUT2D eigenvalue weighted by molar-refractivity contribution is -0.120. The lowest BCUT2D eigenvalue weighted by Gasteiger charge is -2.19. The summed E-state index contributed by atoms with van der Waals surface area (Å²) >= 11 is 0. The second kappa shape index (κ2) is 7.61. The maximum absolute atomic E-state index is 12.2. The summed E-state index contributed by atoms with van der Waals surface area (Å²) in [7, 11) is 0. The molecule has 0 spiro atoms. The fourth-order valence-electron chi connectivity index (χ4n) is 2.34. The molecule has 0 atom stereocenters. The van der Waals surface area contributed by atoms with Crippen molar-refractivity contribution in [3.63, 3.8) is 0 Å². The molecule has 6 nitrogen and oxygen atoms in total. The molecule has 0 radical (unpaired) electrons. The Morgan fingerprint density at radius 2 is 2.05 bits per heavy atom. The number of pyridine rings is 1. The van der Waals surface area contributed by atoms with Crippen LogP contribution in [0.4, 0.5) is 5.82 Å². The maximum Gasteiger partial charge on any atom is 0.255 e. The summed E-state index contributed by atoms with van der Waals surface area (Å²) in [5.74, 6) is 0.287. The molecule has 1 aliphatic rings. The first-order valence-electron chi connectivity index (χ1n) is 7.47. The van der Waals surface area contributed by atoms with E-state index < -0.39 is 0 Å². The summed E-state index contributed by atoms with van der Waals surface area (Å²) in [6.07, 6.45) is 4.81. The van der Waals surface area contributed by atoms with E-state index in [0.717, 1.165) is 32.4 Å². The van der Waals surface area contributed by atoms with Crippen molar-refractivity contribution in [1.29, 1.82) is 0 Å². The number of amides is 2. The number of hydrogen-bond acceptors (Lipinski definition) is 4. The van der Waals surface area contributed by atoms with E-state index in [4.69, 9.17) is 0 Å². The molecule has 1 aromatic rings. The molecule has 2 N–H and O–H groups in total. The summed E-state index contributed by atoms with van der Waals surface area (Å²) in [5, 5.41) is 5.38. The highest BCUT2D eigenvalue weighted by Crippen LogP contribution is 2.21. The third-order valence-electron chi connectivity index (χ3n) is 3.42. The van der Waals surface area contributed by atoms with Crippen LogP contribution in [0.15, 0.2) is 18.3 Å². The topological polar surface area (TPSA) is 74.3 Å². The second-order valence-corrected chi connectivity index (χ2v) is 5.10. The zero-order valence-electron chi connectivity index (χ0n) is 12.4. The minimum absolute atomic E-state index is 0.00678. The largest absolute Gasteiger partial charge is 0.356 e. The molecule has 0 aromatic carbocycles. The van der Waals surface area contributed by atoms with Crippen LogP contribution in [0.25, 0.3) is 0 Å². The SMILES string of the molecule is CCCNC(=O)CNC(=O)c1cccnc1N1CCCC1. The van der Waals surface area contributed by atoms with Gasteiger partial charge >= 0.3 is 0 Å². The summed E-state index contributed by atoms with van der Waals surface area (Å²) in [4.78, 5) is 30.2. The summed E-state index contributed by atoms with van der Waals surface area (Å²) in [5.41, 5.74) is 0.530. The minimum atomic E-state index is -0.253. The first-order valence-corrected chi connectivity index (χ1v) is 7.47. The van der Waals surface area contributed by atoms with Gasteiger partial charge in [0.1, 0.15) is 5.82 Å². The molecule has 1 fully saturated rings. The van der Waals surface area contributed by atoms with Gasteiger partial charge in [-0.05, 0) is 31.4 Å². The van der Waals surface area contributed by atoms with Crippen LogP contribution in [-0.4, -0.2) is 43.0 Å². The molecule has 0 unspecified atom stereocenters. The van der Waals surface area contributed by atoms with Crippen molar-refractivity contribution in [3.8, 4) is 0 Å². The molecule has 2 amide bonds. The third kappa shape index (κ3) is 4.18. The second-order valence-electron chi connectivity index (χ2n) is 5.10. The van der Waals surface area contributed by atoms with Gasteiger partial charge in [-0.1, -0.05) is 6.92 Å². The number of nitrogens with zero attached hydrogens (tertiary/aromatic N) is 2. The molecule has 0 saturated carbocycles. The van der Waals surface area contributed by atoms with Crippen LogP contribution >= 0.6 is 0 Å². The maximum atomic E-state index is 12.2. The van der Waals surface area contributed by atoms with Crippen LogP contribution in [0.5, 0.6) is 0 Å². The van der Waals surface area contributed by atoms with Crippen molar-refractivity contribution in [2.24, 2.45) is 0 Å². The van der Waals surface area contributed by atoms with Crippen molar-refractivity contribution in [2.75, 3.05) is 31.1 Å². The number of nitrogens with one attached hydrogen (secondary N) is 2. The number of hydrogen-bond donors (Lipinski definition) is 2. The molecule has 0 bridgehead atoms. The molecule has 1 aromatic heterocycles. The fraction of sp³-hybridized carbons (Fsp3) is 0.533. The smallest absolute Gasteiger partial charge is 0.255 e. The average molecular weight is 290 g/mol. The molecule has 6 heteroatoms. The van der Waals surface area contributed by atoms with Crippen LogP contribution in [0.2, 0.25) is 0 Å². The van der Waals surface area contributed by atoms with Crippen LogP contribution < -0.4 is 15.5 Å². The van der Waals surface area contributed by atoms with E-state index in [2.05, 4.69) is 20.5 Å². The van der Waals surface area contributed by atoms with Crippen molar-refractivity contribution < 1.29 is 9.59 Å².